The van der Waals surface area contributed by atoms with Crippen molar-refractivity contribution >= 4 is 28.3 Å². The third-order valence-corrected chi connectivity index (χ3v) is 4.01. The van der Waals surface area contributed by atoms with Gasteiger partial charge in [0, 0.05) is 17.1 Å². The molecule has 7 heteroatoms. The summed E-state index contributed by atoms with van der Waals surface area (Å²) in [4.78, 5) is 17.2. The molecule has 4 rings (SSSR count). The van der Waals surface area contributed by atoms with Gasteiger partial charge in [-0.1, -0.05) is 23.4 Å². The van der Waals surface area contributed by atoms with E-state index in [4.69, 9.17) is 18.7 Å². The van der Waals surface area contributed by atoms with Crippen LogP contribution in [0.3, 0.4) is 0 Å². The number of amides is 1. The Morgan fingerprint density at radius 2 is 1.93 bits per heavy atom. The summed E-state index contributed by atoms with van der Waals surface area (Å²) < 4.78 is 16.6. The zero-order valence-electron chi connectivity index (χ0n) is 14.7. The van der Waals surface area contributed by atoms with Crippen LogP contribution in [-0.4, -0.2) is 31.4 Å². The minimum atomic E-state index is -0.326. The Morgan fingerprint density at radius 1 is 1.11 bits per heavy atom. The number of nitrogens with one attached hydrogen (secondary N) is 1. The highest BCUT2D eigenvalue weighted by molar-refractivity contribution is 5.99. The van der Waals surface area contributed by atoms with Crippen molar-refractivity contribution in [2.24, 2.45) is 5.16 Å². The molecule has 1 N–H and O–H groups in total. The van der Waals surface area contributed by atoms with Crippen LogP contribution in [0.15, 0.2) is 58.1 Å². The number of oxime groups is 1. The van der Waals surface area contributed by atoms with Crippen molar-refractivity contribution in [1.82, 2.24) is 0 Å². The summed E-state index contributed by atoms with van der Waals surface area (Å²) in [5.74, 6) is 1.55. The minimum absolute atomic E-state index is 0.216. The van der Waals surface area contributed by atoms with E-state index < -0.39 is 0 Å². The second kappa shape index (κ2) is 7.41. The monoisotopic (exact) mass is 366 g/mol. The van der Waals surface area contributed by atoms with Gasteiger partial charge in [-0.2, -0.15) is 0 Å². The number of nitrogens with zero attached hydrogens (tertiary/aromatic N) is 1. The van der Waals surface area contributed by atoms with Crippen molar-refractivity contribution in [2.75, 3.05) is 25.1 Å². The SMILES string of the molecule is CC(=NOCC(=O)Nc1ccc2c(c1)OCCO2)c1cc2ccccc2o1. The standard InChI is InChI=1S/C20H18N2O5/c1-13(18-10-14-4-2-3-5-16(14)27-18)22-26-12-20(23)21-15-6-7-17-19(11-15)25-9-8-24-17/h2-7,10-11H,8-9,12H2,1H3,(H,21,23). The highest BCUT2D eigenvalue weighted by atomic mass is 16.6. The zero-order chi connectivity index (χ0) is 18.6. The Morgan fingerprint density at radius 3 is 2.78 bits per heavy atom. The summed E-state index contributed by atoms with van der Waals surface area (Å²) in [6.45, 7) is 2.56. The molecule has 1 aromatic heterocycles. The Kier molecular flexibility index (Phi) is 4.65. The molecule has 0 fully saturated rings. The molecule has 2 heterocycles. The lowest BCUT2D eigenvalue weighted by atomic mass is 10.2. The van der Waals surface area contributed by atoms with Crippen LogP contribution in [0.25, 0.3) is 11.0 Å². The molecule has 27 heavy (non-hydrogen) atoms. The molecule has 0 unspecified atom stereocenters. The van der Waals surface area contributed by atoms with Gasteiger partial charge in [0.2, 0.25) is 0 Å². The number of anilines is 1. The van der Waals surface area contributed by atoms with E-state index in [0.717, 1.165) is 11.0 Å². The van der Waals surface area contributed by atoms with E-state index in [1.807, 2.05) is 30.3 Å². The van der Waals surface area contributed by atoms with Crippen molar-refractivity contribution in [3.63, 3.8) is 0 Å². The van der Waals surface area contributed by atoms with E-state index in [-0.39, 0.29) is 12.5 Å². The number of para-hydroxylation sites is 1. The molecule has 1 aliphatic heterocycles. The molecule has 138 valence electrons. The van der Waals surface area contributed by atoms with Crippen LogP contribution < -0.4 is 14.8 Å². The first-order valence-electron chi connectivity index (χ1n) is 8.54. The predicted octanol–water partition coefficient (Wildman–Crippen LogP) is 3.58. The highest BCUT2D eigenvalue weighted by Gasteiger charge is 2.13. The van der Waals surface area contributed by atoms with Gasteiger partial charge >= 0.3 is 0 Å². The van der Waals surface area contributed by atoms with Gasteiger partial charge in [0.25, 0.3) is 5.91 Å². The van der Waals surface area contributed by atoms with Crippen LogP contribution >= 0.6 is 0 Å². The molecule has 2 aromatic carbocycles. The van der Waals surface area contributed by atoms with Crippen LogP contribution in [0.1, 0.15) is 12.7 Å². The Labute approximate surface area is 155 Å². The summed E-state index contributed by atoms with van der Waals surface area (Å²) in [5, 5.41) is 7.68. The van der Waals surface area contributed by atoms with Gasteiger partial charge in [0.15, 0.2) is 23.9 Å². The van der Waals surface area contributed by atoms with Gasteiger partial charge < -0.3 is 24.0 Å². The number of rotatable bonds is 5. The maximum Gasteiger partial charge on any atom is 0.265 e. The fourth-order valence-electron chi connectivity index (χ4n) is 2.71. The maximum absolute atomic E-state index is 12.0. The highest BCUT2D eigenvalue weighted by Crippen LogP contribution is 2.32. The molecule has 1 amide bonds. The summed E-state index contributed by atoms with van der Waals surface area (Å²) in [7, 11) is 0. The van der Waals surface area contributed by atoms with Gasteiger partial charge in [-0.05, 0) is 31.2 Å². The number of benzene rings is 2. The maximum atomic E-state index is 12.0. The fourth-order valence-corrected chi connectivity index (χ4v) is 2.71. The topological polar surface area (TPSA) is 82.3 Å². The summed E-state index contributed by atoms with van der Waals surface area (Å²) >= 11 is 0. The van der Waals surface area contributed by atoms with Crippen molar-refractivity contribution < 1.29 is 23.5 Å². The third kappa shape index (κ3) is 3.87. The molecule has 0 atom stereocenters. The molecule has 0 saturated carbocycles. The smallest absolute Gasteiger partial charge is 0.265 e. The van der Waals surface area contributed by atoms with Crippen molar-refractivity contribution in [3.8, 4) is 11.5 Å². The largest absolute Gasteiger partial charge is 0.486 e. The number of hydrogen-bond acceptors (Lipinski definition) is 6. The van der Waals surface area contributed by atoms with Gasteiger partial charge in [-0.25, -0.2) is 0 Å². The lowest BCUT2D eigenvalue weighted by Gasteiger charge is -2.18. The fraction of sp³-hybridized carbons (Fsp3) is 0.200. The van der Waals surface area contributed by atoms with Crippen molar-refractivity contribution in [3.05, 3.63) is 54.3 Å². The average molecular weight is 366 g/mol. The molecule has 0 radical (unpaired) electrons. The first-order valence-corrected chi connectivity index (χ1v) is 8.54. The zero-order valence-corrected chi connectivity index (χ0v) is 14.7. The van der Waals surface area contributed by atoms with Crippen molar-refractivity contribution in [2.45, 2.75) is 6.92 Å². The Bertz CT molecular complexity index is 976. The number of hydrogen-bond donors (Lipinski definition) is 1. The molecular weight excluding hydrogens is 348 g/mol. The number of carbonyl (C=O) groups is 1. The first kappa shape index (κ1) is 17.0. The van der Waals surface area contributed by atoms with E-state index in [2.05, 4.69) is 10.5 Å². The van der Waals surface area contributed by atoms with Gasteiger partial charge in [0.1, 0.15) is 24.5 Å². The summed E-state index contributed by atoms with van der Waals surface area (Å²) in [6, 6.07) is 14.8. The molecule has 0 spiro atoms. The van der Waals surface area contributed by atoms with E-state index >= 15 is 0 Å². The number of fused-ring (bicyclic) bond motifs is 2. The minimum Gasteiger partial charge on any atom is -0.486 e. The molecule has 1 aliphatic rings. The molecule has 3 aromatic rings. The average Bonchev–Trinajstić information content (AvgIpc) is 3.12. The van der Waals surface area contributed by atoms with E-state index in [1.54, 1.807) is 25.1 Å². The van der Waals surface area contributed by atoms with Crippen LogP contribution in [0.2, 0.25) is 0 Å². The normalized spacial score (nSPS) is 13.4. The van der Waals surface area contributed by atoms with E-state index in [0.29, 0.717) is 41.9 Å². The number of carbonyl (C=O) groups excluding carboxylic acids is 1. The third-order valence-electron chi connectivity index (χ3n) is 4.01. The molecule has 0 bridgehead atoms. The van der Waals surface area contributed by atoms with Gasteiger partial charge in [0.05, 0.1) is 0 Å². The Balaban J connectivity index is 1.34. The quantitative estimate of drug-likeness (QED) is 0.551. The second-order valence-corrected chi connectivity index (χ2v) is 6.01. The van der Waals surface area contributed by atoms with Crippen LogP contribution in [0, 0.1) is 0 Å². The van der Waals surface area contributed by atoms with Gasteiger partial charge in [-0.3, -0.25) is 4.79 Å². The first-order chi connectivity index (χ1) is 13.2. The molecule has 0 saturated heterocycles. The van der Waals surface area contributed by atoms with Crippen LogP contribution in [0.5, 0.6) is 11.5 Å². The second-order valence-electron chi connectivity index (χ2n) is 6.01. The van der Waals surface area contributed by atoms with Crippen molar-refractivity contribution in [1.29, 1.82) is 0 Å². The lowest BCUT2D eigenvalue weighted by Crippen LogP contribution is -2.18. The summed E-state index contributed by atoms with van der Waals surface area (Å²) in [5.41, 5.74) is 1.93. The lowest BCUT2D eigenvalue weighted by molar-refractivity contribution is -0.120. The summed E-state index contributed by atoms with van der Waals surface area (Å²) in [6.07, 6.45) is 0. The van der Waals surface area contributed by atoms with E-state index in [9.17, 15) is 4.79 Å². The van der Waals surface area contributed by atoms with Crippen LogP contribution in [0.4, 0.5) is 5.69 Å². The Hall–Kier alpha value is -3.48. The number of ether oxygens (including phenoxy) is 2. The molecule has 7 nitrogen and oxygen atoms in total. The van der Waals surface area contributed by atoms with E-state index in [1.165, 1.54) is 0 Å². The number of furan rings is 1. The predicted molar refractivity (Wildman–Crippen MR) is 100 cm³/mol. The molecule has 0 aliphatic carbocycles. The van der Waals surface area contributed by atoms with Crippen LogP contribution in [-0.2, 0) is 9.63 Å². The van der Waals surface area contributed by atoms with Gasteiger partial charge in [-0.15, -0.1) is 0 Å². The molecular formula is C20H18N2O5.